The number of benzene rings is 1. The van der Waals surface area contributed by atoms with Crippen molar-refractivity contribution in [2.24, 2.45) is 5.28 Å². The number of carbonyl (C=O) groups excluding carboxylic acids is 2. The van der Waals surface area contributed by atoms with E-state index >= 15 is 0 Å². The molecule has 0 aromatic heterocycles. The standard InChI is InChI=1S/C14H18N4O5/c1-16(8-4-5-9-19)18(22)15-23-10-17-13(20)11-6-2-3-7-12(11)14(17)21/h2-3,6-7,19H,4-5,8-10H2,1H3/b18-15+. The Balaban J connectivity index is 1.88. The van der Waals surface area contributed by atoms with Crippen LogP contribution in [0.5, 0.6) is 0 Å². The summed E-state index contributed by atoms with van der Waals surface area (Å²) in [7, 11) is 1.51. The van der Waals surface area contributed by atoms with Crippen molar-refractivity contribution >= 4 is 11.8 Å². The van der Waals surface area contributed by atoms with Crippen LogP contribution in [0.1, 0.15) is 33.6 Å². The highest BCUT2D eigenvalue weighted by molar-refractivity contribution is 6.21. The Hall–Kier alpha value is -2.68. The predicted molar refractivity (Wildman–Crippen MR) is 77.9 cm³/mol. The number of aliphatic hydroxyl groups excluding tert-OH is 1. The topological polar surface area (TPSA) is 109 Å². The Morgan fingerprint density at radius 3 is 2.43 bits per heavy atom. The lowest BCUT2D eigenvalue weighted by atomic mass is 10.1. The lowest BCUT2D eigenvalue weighted by Gasteiger charge is -2.13. The fourth-order valence-corrected chi connectivity index (χ4v) is 2.09. The molecule has 0 fully saturated rings. The van der Waals surface area contributed by atoms with Gasteiger partial charge in [-0.1, -0.05) is 12.1 Å². The molecule has 0 saturated carbocycles. The molecule has 0 saturated heterocycles. The van der Waals surface area contributed by atoms with Gasteiger partial charge in [0.25, 0.3) is 11.8 Å². The van der Waals surface area contributed by atoms with E-state index < -0.39 is 18.5 Å². The zero-order chi connectivity index (χ0) is 16.8. The van der Waals surface area contributed by atoms with Crippen molar-refractivity contribution in [3.05, 3.63) is 40.6 Å². The summed E-state index contributed by atoms with van der Waals surface area (Å²) in [6, 6.07) is 6.45. The molecule has 1 aromatic rings. The molecule has 23 heavy (non-hydrogen) atoms. The van der Waals surface area contributed by atoms with Crippen LogP contribution in [0.4, 0.5) is 0 Å². The van der Waals surface area contributed by atoms with Gasteiger partial charge in [-0.3, -0.25) is 9.59 Å². The number of rotatable bonds is 8. The molecule has 2 amide bonds. The second kappa shape index (κ2) is 7.54. The molecule has 124 valence electrons. The van der Waals surface area contributed by atoms with Crippen LogP contribution in [0.2, 0.25) is 0 Å². The Morgan fingerprint density at radius 2 is 1.87 bits per heavy atom. The van der Waals surface area contributed by atoms with Crippen molar-refractivity contribution < 1.29 is 24.5 Å². The molecule has 1 heterocycles. The van der Waals surface area contributed by atoms with E-state index in [2.05, 4.69) is 5.28 Å². The van der Waals surface area contributed by atoms with Gasteiger partial charge < -0.3 is 15.2 Å². The number of carbonyl (C=O) groups is 2. The molecular formula is C14H18N4O5. The first-order valence-corrected chi connectivity index (χ1v) is 7.13. The van der Waals surface area contributed by atoms with Gasteiger partial charge in [0.2, 0.25) is 12.0 Å². The highest BCUT2D eigenvalue weighted by Gasteiger charge is 2.35. The molecule has 1 aromatic carbocycles. The number of nitrogens with zero attached hydrogens (tertiary/aromatic N) is 4. The van der Waals surface area contributed by atoms with Crippen LogP contribution in [-0.4, -0.2) is 58.7 Å². The number of amides is 2. The largest absolute Gasteiger partial charge is 0.569 e. The predicted octanol–water partition coefficient (Wildman–Crippen LogP) is 0.753. The lowest BCUT2D eigenvalue weighted by Crippen LogP contribution is -2.32. The average molecular weight is 322 g/mol. The molecule has 0 aliphatic carbocycles. The van der Waals surface area contributed by atoms with Gasteiger partial charge in [0, 0.05) is 6.61 Å². The van der Waals surface area contributed by atoms with Crippen LogP contribution in [0.3, 0.4) is 0 Å². The molecule has 1 aliphatic rings. The second-order valence-electron chi connectivity index (χ2n) is 4.99. The van der Waals surface area contributed by atoms with Crippen molar-refractivity contribution in [2.75, 3.05) is 26.9 Å². The third-order valence-electron chi connectivity index (χ3n) is 3.37. The number of hydrazine groups is 1. The van der Waals surface area contributed by atoms with Crippen LogP contribution in [0.25, 0.3) is 0 Å². The summed E-state index contributed by atoms with van der Waals surface area (Å²) in [6.07, 6.45) is 1.20. The van der Waals surface area contributed by atoms with Crippen molar-refractivity contribution in [1.82, 2.24) is 9.91 Å². The zero-order valence-electron chi connectivity index (χ0n) is 12.7. The Morgan fingerprint density at radius 1 is 1.26 bits per heavy atom. The lowest BCUT2D eigenvalue weighted by molar-refractivity contribution is -0.705. The molecule has 0 radical (unpaired) electrons. The first-order chi connectivity index (χ1) is 11.1. The number of aliphatic hydroxyl groups is 1. The molecule has 0 atom stereocenters. The summed E-state index contributed by atoms with van der Waals surface area (Å²) >= 11 is 0. The number of imide groups is 1. The molecule has 9 nitrogen and oxygen atoms in total. The monoisotopic (exact) mass is 322 g/mol. The Kier molecular flexibility index (Phi) is 5.47. The van der Waals surface area contributed by atoms with Crippen molar-refractivity contribution in [3.8, 4) is 0 Å². The summed E-state index contributed by atoms with van der Waals surface area (Å²) in [5.41, 5.74) is 0.613. The zero-order valence-corrected chi connectivity index (χ0v) is 12.7. The minimum absolute atomic E-state index is 0.0556. The van der Waals surface area contributed by atoms with Gasteiger partial charge in [-0.25, -0.2) is 4.90 Å². The van der Waals surface area contributed by atoms with Gasteiger partial charge in [-0.15, -0.1) is 5.01 Å². The van der Waals surface area contributed by atoms with Gasteiger partial charge >= 0.3 is 0 Å². The van der Waals surface area contributed by atoms with Crippen LogP contribution in [0.15, 0.2) is 29.5 Å². The number of unbranched alkanes of at least 4 members (excludes halogenated alkanes) is 1. The van der Waals surface area contributed by atoms with Crippen LogP contribution in [-0.2, 0) is 4.84 Å². The maximum atomic E-state index is 12.0. The second-order valence-corrected chi connectivity index (χ2v) is 4.99. The molecular weight excluding hydrogens is 304 g/mol. The number of fused-ring (bicyclic) bond motifs is 1. The minimum Gasteiger partial charge on any atom is -0.569 e. The van der Waals surface area contributed by atoms with Crippen LogP contribution in [0, 0.1) is 5.21 Å². The van der Waals surface area contributed by atoms with Crippen molar-refractivity contribution in [2.45, 2.75) is 12.8 Å². The molecule has 0 bridgehead atoms. The van der Waals surface area contributed by atoms with Gasteiger partial charge in [0.15, 0.2) is 0 Å². The fourth-order valence-electron chi connectivity index (χ4n) is 2.09. The quantitative estimate of drug-likeness (QED) is 0.249. The van der Waals surface area contributed by atoms with E-state index in [1.54, 1.807) is 24.3 Å². The number of hydrogen-bond acceptors (Lipinski definition) is 6. The van der Waals surface area contributed by atoms with E-state index in [-0.39, 0.29) is 11.6 Å². The van der Waals surface area contributed by atoms with Crippen molar-refractivity contribution in [1.29, 1.82) is 0 Å². The summed E-state index contributed by atoms with van der Waals surface area (Å²) in [5, 5.41) is 24.8. The van der Waals surface area contributed by atoms with E-state index in [0.29, 0.717) is 30.5 Å². The summed E-state index contributed by atoms with van der Waals surface area (Å²) in [4.78, 5) is 30.0. The smallest absolute Gasteiger partial charge is 0.264 e. The van der Waals surface area contributed by atoms with E-state index in [1.165, 1.54) is 12.1 Å². The molecule has 0 unspecified atom stereocenters. The van der Waals surface area contributed by atoms with Crippen LogP contribution < -0.4 is 0 Å². The first-order valence-electron chi connectivity index (χ1n) is 7.13. The van der Waals surface area contributed by atoms with E-state index in [0.717, 1.165) is 4.90 Å². The molecule has 2 rings (SSSR count). The maximum absolute atomic E-state index is 12.0. The normalized spacial score (nSPS) is 14.2. The molecule has 9 heteroatoms. The van der Waals surface area contributed by atoms with E-state index in [9.17, 15) is 14.8 Å². The molecule has 1 aliphatic heterocycles. The van der Waals surface area contributed by atoms with Crippen LogP contribution >= 0.6 is 0 Å². The van der Waals surface area contributed by atoms with Gasteiger partial charge in [0.1, 0.15) is 0 Å². The summed E-state index contributed by atoms with van der Waals surface area (Å²) < 4.78 is 0. The van der Waals surface area contributed by atoms with Gasteiger partial charge in [-0.05, 0) is 25.0 Å². The molecule has 1 N–H and O–H groups in total. The summed E-state index contributed by atoms with van der Waals surface area (Å²) in [6.45, 7) is 0.0135. The van der Waals surface area contributed by atoms with E-state index in [1.807, 2.05) is 0 Å². The third-order valence-corrected chi connectivity index (χ3v) is 3.37. The minimum atomic E-state index is -0.477. The third kappa shape index (κ3) is 3.75. The molecule has 0 spiro atoms. The summed E-state index contributed by atoms with van der Waals surface area (Å²) in [5.74, 6) is -0.955. The Bertz CT molecular complexity index is 584. The average Bonchev–Trinajstić information content (AvgIpc) is 2.80. The maximum Gasteiger partial charge on any atom is 0.264 e. The number of hydrogen-bond donors (Lipinski definition) is 1. The Labute approximate surface area is 132 Å². The van der Waals surface area contributed by atoms with Crippen molar-refractivity contribution in [3.63, 3.8) is 0 Å². The van der Waals surface area contributed by atoms with Gasteiger partial charge in [0.05, 0.1) is 29.7 Å². The highest BCUT2D eigenvalue weighted by atomic mass is 16.7. The van der Waals surface area contributed by atoms with E-state index in [4.69, 9.17) is 9.94 Å². The highest BCUT2D eigenvalue weighted by Crippen LogP contribution is 2.22. The first kappa shape index (κ1) is 16.7. The van der Waals surface area contributed by atoms with Gasteiger partial charge in [-0.2, -0.15) is 0 Å². The SMILES string of the molecule is CN(CCCCO)/[N+]([O-])=N\OCN1C(=O)c2ccccc2C1=O. The fraction of sp³-hybridized carbons (Fsp3) is 0.429.